The number of oxime groups is 1. The van der Waals surface area contributed by atoms with Crippen LogP contribution in [0.15, 0.2) is 47.8 Å². The van der Waals surface area contributed by atoms with Gasteiger partial charge in [-0.3, -0.25) is 9.78 Å². The van der Waals surface area contributed by atoms with Crippen molar-refractivity contribution in [2.24, 2.45) is 5.16 Å². The molecule has 5 nitrogen and oxygen atoms in total. The molecule has 1 aliphatic carbocycles. The summed E-state index contributed by atoms with van der Waals surface area (Å²) >= 11 is 0. The van der Waals surface area contributed by atoms with Gasteiger partial charge in [0.25, 0.3) is 0 Å². The molecule has 2 heterocycles. The molecule has 1 aromatic carbocycles. The lowest BCUT2D eigenvalue weighted by Crippen LogP contribution is -2.37. The summed E-state index contributed by atoms with van der Waals surface area (Å²) in [6.07, 6.45) is 5.26. The maximum Gasteiger partial charge on any atom is 0.229 e. The van der Waals surface area contributed by atoms with Crippen LogP contribution in [0.4, 0.5) is 0 Å². The van der Waals surface area contributed by atoms with Crippen molar-refractivity contribution in [1.29, 1.82) is 0 Å². The number of aryl methyl sites for hydroxylation is 2. The molecule has 4 rings (SSSR count). The van der Waals surface area contributed by atoms with Gasteiger partial charge in [0.05, 0.1) is 23.9 Å². The lowest BCUT2D eigenvalue weighted by Gasteiger charge is -2.23. The van der Waals surface area contributed by atoms with Crippen LogP contribution in [-0.4, -0.2) is 29.3 Å². The molecule has 0 radical (unpaired) electrons. The molecule has 0 spiro atoms. The van der Waals surface area contributed by atoms with Crippen molar-refractivity contribution in [3.8, 4) is 0 Å². The summed E-state index contributed by atoms with van der Waals surface area (Å²) in [6.45, 7) is 2.53. The molecule has 0 saturated heterocycles. The molecule has 2 aliphatic rings. The zero-order valence-electron chi connectivity index (χ0n) is 14.9. The van der Waals surface area contributed by atoms with E-state index in [9.17, 15) is 4.79 Å². The van der Waals surface area contributed by atoms with Gasteiger partial charge >= 0.3 is 0 Å². The van der Waals surface area contributed by atoms with E-state index in [1.165, 1.54) is 11.1 Å². The van der Waals surface area contributed by atoms with Gasteiger partial charge in [0, 0.05) is 12.6 Å². The fraction of sp³-hybridized carbons (Fsp3) is 0.381. The predicted molar refractivity (Wildman–Crippen MR) is 100 cm³/mol. The van der Waals surface area contributed by atoms with E-state index in [0.717, 1.165) is 36.2 Å². The second kappa shape index (κ2) is 7.28. The molecule has 134 valence electrons. The van der Waals surface area contributed by atoms with Gasteiger partial charge in [0.15, 0.2) is 0 Å². The Morgan fingerprint density at radius 1 is 1.27 bits per heavy atom. The van der Waals surface area contributed by atoms with E-state index >= 15 is 0 Å². The maximum atomic E-state index is 12.7. The van der Waals surface area contributed by atoms with E-state index in [2.05, 4.69) is 52.7 Å². The zero-order chi connectivity index (χ0) is 17.9. The zero-order valence-corrected chi connectivity index (χ0v) is 14.9. The van der Waals surface area contributed by atoms with Gasteiger partial charge < -0.3 is 10.2 Å². The van der Waals surface area contributed by atoms with Crippen molar-refractivity contribution in [3.63, 3.8) is 0 Å². The van der Waals surface area contributed by atoms with E-state index in [1.807, 2.05) is 6.07 Å². The molecular formula is C21H23N3O2. The third kappa shape index (κ3) is 3.47. The largest absolute Gasteiger partial charge is 0.390 e. The van der Waals surface area contributed by atoms with Crippen LogP contribution in [0, 0.1) is 6.92 Å². The minimum absolute atomic E-state index is 0.0389. The first-order chi connectivity index (χ1) is 12.7. The van der Waals surface area contributed by atoms with Crippen molar-refractivity contribution in [2.45, 2.75) is 44.6 Å². The molecule has 1 N–H and O–H groups in total. The number of hydrogen-bond acceptors (Lipinski definition) is 4. The molecule has 26 heavy (non-hydrogen) atoms. The van der Waals surface area contributed by atoms with E-state index in [1.54, 1.807) is 6.20 Å². The van der Waals surface area contributed by atoms with Crippen LogP contribution in [0.1, 0.15) is 47.6 Å². The molecule has 2 aromatic rings. The third-order valence-electron chi connectivity index (χ3n) is 5.13. The van der Waals surface area contributed by atoms with Gasteiger partial charge in [-0.15, -0.1) is 0 Å². The normalized spacial score (nSPS) is 21.5. The standard InChI is InChI=1S/C21H23N3O2/c1-14-7-9-15(10-8-14)19-12-17(26-24-19)13-23-21(25)18-6-2-4-16-5-3-11-22-20(16)18/h3,5,7-11,17-18H,2,4,6,12-13H2,1H3,(H,23,25)/t17-,18-/m1/s1. The molecule has 5 heteroatoms. The summed E-state index contributed by atoms with van der Waals surface area (Å²) in [5.74, 6) is -0.115. The minimum atomic E-state index is -0.154. The highest BCUT2D eigenvalue weighted by Crippen LogP contribution is 2.30. The first-order valence-corrected chi connectivity index (χ1v) is 9.22. The number of nitrogens with one attached hydrogen (secondary N) is 1. The summed E-state index contributed by atoms with van der Waals surface area (Å²) < 4.78 is 0. The lowest BCUT2D eigenvalue weighted by molar-refractivity contribution is -0.123. The Bertz CT molecular complexity index is 829. The molecule has 2 atom stereocenters. The number of fused-ring (bicyclic) bond motifs is 1. The molecule has 1 aliphatic heterocycles. The first-order valence-electron chi connectivity index (χ1n) is 9.22. The van der Waals surface area contributed by atoms with Gasteiger partial charge in [-0.05, 0) is 43.4 Å². The second-order valence-electron chi connectivity index (χ2n) is 7.07. The fourth-order valence-corrected chi connectivity index (χ4v) is 3.66. The average Bonchev–Trinajstić information content (AvgIpc) is 3.15. The van der Waals surface area contributed by atoms with Crippen molar-refractivity contribution in [2.75, 3.05) is 6.54 Å². The second-order valence-corrected chi connectivity index (χ2v) is 7.07. The summed E-state index contributed by atoms with van der Waals surface area (Å²) in [5.41, 5.74) is 5.36. The maximum absolute atomic E-state index is 12.7. The highest BCUT2D eigenvalue weighted by atomic mass is 16.6. The summed E-state index contributed by atoms with van der Waals surface area (Å²) in [7, 11) is 0. The molecule has 1 amide bonds. The summed E-state index contributed by atoms with van der Waals surface area (Å²) in [4.78, 5) is 22.6. The van der Waals surface area contributed by atoms with Crippen LogP contribution < -0.4 is 5.32 Å². The van der Waals surface area contributed by atoms with Crippen LogP contribution in [0.3, 0.4) is 0 Å². The van der Waals surface area contributed by atoms with Crippen LogP contribution in [-0.2, 0) is 16.1 Å². The van der Waals surface area contributed by atoms with Crippen molar-refractivity contribution >= 4 is 11.6 Å². The quantitative estimate of drug-likeness (QED) is 0.922. The monoisotopic (exact) mass is 349 g/mol. The molecular weight excluding hydrogens is 326 g/mol. The predicted octanol–water partition coefficient (Wildman–Crippen LogP) is 3.12. The number of amides is 1. The number of carbonyl (C=O) groups is 1. The van der Waals surface area contributed by atoms with Crippen LogP contribution in [0.2, 0.25) is 0 Å². The van der Waals surface area contributed by atoms with E-state index < -0.39 is 0 Å². The molecule has 1 aromatic heterocycles. The van der Waals surface area contributed by atoms with E-state index in [-0.39, 0.29) is 17.9 Å². The number of hydrogen-bond donors (Lipinski definition) is 1. The number of aromatic nitrogens is 1. The molecule has 0 bridgehead atoms. The van der Waals surface area contributed by atoms with Crippen LogP contribution in [0.5, 0.6) is 0 Å². The Morgan fingerprint density at radius 2 is 2.12 bits per heavy atom. The van der Waals surface area contributed by atoms with Gasteiger partial charge in [0.1, 0.15) is 6.10 Å². The van der Waals surface area contributed by atoms with Crippen LogP contribution in [0.25, 0.3) is 0 Å². The van der Waals surface area contributed by atoms with Crippen LogP contribution >= 0.6 is 0 Å². The number of pyridine rings is 1. The van der Waals surface area contributed by atoms with Gasteiger partial charge in [-0.2, -0.15) is 0 Å². The van der Waals surface area contributed by atoms with E-state index in [0.29, 0.717) is 13.0 Å². The molecule has 0 fully saturated rings. The first kappa shape index (κ1) is 16.8. The lowest BCUT2D eigenvalue weighted by atomic mass is 9.86. The third-order valence-corrected chi connectivity index (χ3v) is 5.13. The Balaban J connectivity index is 1.33. The molecule has 0 saturated carbocycles. The fourth-order valence-electron chi connectivity index (χ4n) is 3.66. The molecule has 0 unspecified atom stereocenters. The number of nitrogens with zero attached hydrogens (tertiary/aromatic N) is 2. The number of benzene rings is 1. The smallest absolute Gasteiger partial charge is 0.229 e. The summed E-state index contributed by atoms with van der Waals surface area (Å²) in [6, 6.07) is 12.3. The highest BCUT2D eigenvalue weighted by Gasteiger charge is 2.29. The van der Waals surface area contributed by atoms with Gasteiger partial charge in [-0.25, -0.2) is 0 Å². The van der Waals surface area contributed by atoms with Crippen molar-refractivity contribution in [1.82, 2.24) is 10.3 Å². The topological polar surface area (TPSA) is 63.6 Å². The van der Waals surface area contributed by atoms with E-state index in [4.69, 9.17) is 4.84 Å². The van der Waals surface area contributed by atoms with Crippen molar-refractivity contribution in [3.05, 3.63) is 65.0 Å². The SMILES string of the molecule is Cc1ccc(C2=NO[C@@H](CNC(=O)[C@@H]3CCCc4cccnc43)C2)cc1. The number of carbonyl (C=O) groups excluding carboxylic acids is 1. The number of rotatable bonds is 4. The Hall–Kier alpha value is -2.69. The average molecular weight is 349 g/mol. The Morgan fingerprint density at radius 3 is 2.96 bits per heavy atom. The van der Waals surface area contributed by atoms with Gasteiger partial charge in [-0.1, -0.05) is 41.1 Å². The summed E-state index contributed by atoms with van der Waals surface area (Å²) in [5, 5.41) is 7.24. The highest BCUT2D eigenvalue weighted by molar-refractivity contribution is 6.01. The Labute approximate surface area is 153 Å². The minimum Gasteiger partial charge on any atom is -0.390 e. The van der Waals surface area contributed by atoms with Crippen molar-refractivity contribution < 1.29 is 9.63 Å². The Kier molecular flexibility index (Phi) is 4.69. The van der Waals surface area contributed by atoms with Gasteiger partial charge in [0.2, 0.25) is 5.91 Å².